The number of pyridine rings is 1. The molecule has 2 amide bonds. The highest BCUT2D eigenvalue weighted by Crippen LogP contribution is 2.27. The molecule has 8 nitrogen and oxygen atoms in total. The first kappa shape index (κ1) is 17.6. The maximum atomic E-state index is 12.2. The second kappa shape index (κ2) is 7.79. The summed E-state index contributed by atoms with van der Waals surface area (Å²) < 4.78 is 10.6. The molecule has 3 aromatic heterocycles. The first-order chi connectivity index (χ1) is 12.5. The lowest BCUT2D eigenvalue weighted by atomic mass is 10.3. The molecule has 0 aliphatic carbocycles. The zero-order valence-electron chi connectivity index (χ0n) is 14.1. The predicted octanol–water partition coefficient (Wildman–Crippen LogP) is 2.70. The SMILES string of the molecule is COc1ccc(C(=O)Nc2nc(-c3ccc(CNC(C)=O)o3)cs2)cn1. The Hall–Kier alpha value is -3.20. The summed E-state index contributed by atoms with van der Waals surface area (Å²) in [7, 11) is 1.51. The molecule has 0 saturated carbocycles. The molecule has 0 bridgehead atoms. The van der Waals surface area contributed by atoms with Gasteiger partial charge in [-0.1, -0.05) is 0 Å². The van der Waals surface area contributed by atoms with Gasteiger partial charge in [0.1, 0.15) is 11.5 Å². The van der Waals surface area contributed by atoms with E-state index in [2.05, 4.69) is 20.6 Å². The van der Waals surface area contributed by atoms with Crippen molar-refractivity contribution in [3.63, 3.8) is 0 Å². The number of carbonyl (C=O) groups is 2. The van der Waals surface area contributed by atoms with E-state index in [1.165, 1.54) is 31.6 Å². The Balaban J connectivity index is 1.65. The van der Waals surface area contributed by atoms with E-state index in [4.69, 9.17) is 9.15 Å². The number of hydrogen-bond donors (Lipinski definition) is 2. The number of thiazole rings is 1. The van der Waals surface area contributed by atoms with Crippen LogP contribution < -0.4 is 15.4 Å². The molecule has 0 spiro atoms. The maximum Gasteiger partial charge on any atom is 0.259 e. The second-order valence-electron chi connectivity index (χ2n) is 5.26. The number of anilines is 1. The number of carbonyl (C=O) groups excluding carboxylic acids is 2. The number of nitrogens with zero attached hydrogens (tertiary/aromatic N) is 2. The van der Waals surface area contributed by atoms with Crippen LogP contribution in [0, 0.1) is 0 Å². The van der Waals surface area contributed by atoms with Gasteiger partial charge in [0, 0.05) is 24.6 Å². The van der Waals surface area contributed by atoms with E-state index in [-0.39, 0.29) is 11.8 Å². The fourth-order valence-electron chi connectivity index (χ4n) is 2.07. The number of ether oxygens (including phenoxy) is 1. The summed E-state index contributed by atoms with van der Waals surface area (Å²) in [4.78, 5) is 31.5. The highest BCUT2D eigenvalue weighted by Gasteiger charge is 2.13. The Bertz CT molecular complexity index is 917. The Morgan fingerprint density at radius 2 is 2.12 bits per heavy atom. The fourth-order valence-corrected chi connectivity index (χ4v) is 2.77. The molecule has 0 atom stereocenters. The van der Waals surface area contributed by atoms with E-state index >= 15 is 0 Å². The quantitative estimate of drug-likeness (QED) is 0.689. The first-order valence-electron chi connectivity index (χ1n) is 7.65. The number of rotatable bonds is 6. The van der Waals surface area contributed by atoms with Gasteiger partial charge in [-0.2, -0.15) is 0 Å². The van der Waals surface area contributed by atoms with E-state index in [9.17, 15) is 9.59 Å². The molecular weight excluding hydrogens is 356 g/mol. The number of amides is 2. The third-order valence-corrected chi connectivity index (χ3v) is 4.12. The lowest BCUT2D eigenvalue weighted by Crippen LogP contribution is -2.18. The number of hydrogen-bond acceptors (Lipinski definition) is 7. The van der Waals surface area contributed by atoms with Crippen molar-refractivity contribution in [1.29, 1.82) is 0 Å². The lowest BCUT2D eigenvalue weighted by Gasteiger charge is -2.02. The molecule has 2 N–H and O–H groups in total. The van der Waals surface area contributed by atoms with Gasteiger partial charge in [0.2, 0.25) is 11.8 Å². The lowest BCUT2D eigenvalue weighted by molar-refractivity contribution is -0.119. The number of methoxy groups -OCH3 is 1. The normalized spacial score (nSPS) is 10.4. The van der Waals surface area contributed by atoms with Gasteiger partial charge in [-0.25, -0.2) is 9.97 Å². The van der Waals surface area contributed by atoms with Crippen LogP contribution in [0.15, 0.2) is 40.3 Å². The summed E-state index contributed by atoms with van der Waals surface area (Å²) in [5, 5.41) is 7.61. The standard InChI is InChI=1S/C17H16N4O4S/c1-10(22)18-8-12-4-5-14(25-12)13-9-26-17(20-13)21-16(23)11-3-6-15(24-2)19-7-11/h3-7,9H,8H2,1-2H3,(H,18,22)(H,20,21,23). The topological polar surface area (TPSA) is 106 Å². The van der Waals surface area contributed by atoms with Crippen LogP contribution in [0.3, 0.4) is 0 Å². The number of nitrogens with one attached hydrogen (secondary N) is 2. The largest absolute Gasteiger partial charge is 0.481 e. The van der Waals surface area contributed by atoms with Gasteiger partial charge >= 0.3 is 0 Å². The maximum absolute atomic E-state index is 12.2. The van der Waals surface area contributed by atoms with Crippen molar-refractivity contribution in [2.75, 3.05) is 12.4 Å². The van der Waals surface area contributed by atoms with Crippen molar-refractivity contribution in [1.82, 2.24) is 15.3 Å². The van der Waals surface area contributed by atoms with Crippen LogP contribution >= 0.6 is 11.3 Å². The molecule has 26 heavy (non-hydrogen) atoms. The van der Waals surface area contributed by atoms with Gasteiger partial charge < -0.3 is 14.5 Å². The van der Waals surface area contributed by atoms with Gasteiger partial charge in [-0.15, -0.1) is 11.3 Å². The highest BCUT2D eigenvalue weighted by molar-refractivity contribution is 7.14. The summed E-state index contributed by atoms with van der Waals surface area (Å²) in [6.45, 7) is 1.76. The molecule has 0 unspecified atom stereocenters. The molecule has 0 radical (unpaired) electrons. The summed E-state index contributed by atoms with van der Waals surface area (Å²) in [5.74, 6) is 1.18. The van der Waals surface area contributed by atoms with Crippen LogP contribution in [-0.2, 0) is 11.3 Å². The Kier molecular flexibility index (Phi) is 5.28. The van der Waals surface area contributed by atoms with Crippen LogP contribution in [0.4, 0.5) is 5.13 Å². The molecule has 0 aliphatic rings. The smallest absolute Gasteiger partial charge is 0.259 e. The summed E-state index contributed by atoms with van der Waals surface area (Å²) in [5.41, 5.74) is 1.00. The van der Waals surface area contributed by atoms with Crippen molar-refractivity contribution >= 4 is 28.3 Å². The molecule has 9 heteroatoms. The van der Waals surface area contributed by atoms with Crippen LogP contribution in [0.2, 0.25) is 0 Å². The highest BCUT2D eigenvalue weighted by atomic mass is 32.1. The second-order valence-corrected chi connectivity index (χ2v) is 6.12. The minimum absolute atomic E-state index is 0.130. The van der Waals surface area contributed by atoms with Gasteiger partial charge in [0.05, 0.1) is 19.2 Å². The summed E-state index contributed by atoms with van der Waals surface area (Å²) in [6.07, 6.45) is 1.43. The van der Waals surface area contributed by atoms with E-state index in [0.29, 0.717) is 40.3 Å². The Labute approximate surface area is 153 Å². The molecule has 3 aromatic rings. The average Bonchev–Trinajstić information content (AvgIpc) is 3.29. The molecule has 134 valence electrons. The molecule has 3 rings (SSSR count). The van der Waals surface area contributed by atoms with Crippen LogP contribution in [0.25, 0.3) is 11.5 Å². The van der Waals surface area contributed by atoms with E-state index in [1.807, 2.05) is 0 Å². The summed E-state index contributed by atoms with van der Waals surface area (Å²) >= 11 is 1.28. The van der Waals surface area contributed by atoms with Gasteiger partial charge in [0.25, 0.3) is 5.91 Å². The minimum atomic E-state index is -0.313. The zero-order chi connectivity index (χ0) is 18.5. The predicted molar refractivity (Wildman–Crippen MR) is 96.1 cm³/mol. The van der Waals surface area contributed by atoms with Gasteiger partial charge in [0.15, 0.2) is 10.9 Å². The van der Waals surface area contributed by atoms with Crippen LogP contribution in [0.1, 0.15) is 23.0 Å². The number of aromatic nitrogens is 2. The van der Waals surface area contributed by atoms with Gasteiger partial charge in [-0.3, -0.25) is 14.9 Å². The third-order valence-electron chi connectivity index (χ3n) is 3.36. The van der Waals surface area contributed by atoms with Crippen molar-refractivity contribution in [2.24, 2.45) is 0 Å². The monoisotopic (exact) mass is 372 g/mol. The molecular formula is C17H16N4O4S. The van der Waals surface area contributed by atoms with E-state index < -0.39 is 0 Å². The van der Waals surface area contributed by atoms with Crippen LogP contribution in [-0.4, -0.2) is 28.9 Å². The van der Waals surface area contributed by atoms with Crippen molar-refractivity contribution in [2.45, 2.75) is 13.5 Å². The Morgan fingerprint density at radius 3 is 2.81 bits per heavy atom. The molecule has 0 aliphatic heterocycles. The minimum Gasteiger partial charge on any atom is -0.481 e. The molecule has 0 aromatic carbocycles. The summed E-state index contributed by atoms with van der Waals surface area (Å²) in [6, 6.07) is 6.77. The molecule has 0 saturated heterocycles. The Morgan fingerprint density at radius 1 is 1.27 bits per heavy atom. The molecule has 0 fully saturated rings. The van der Waals surface area contributed by atoms with Crippen molar-refractivity contribution in [3.8, 4) is 17.3 Å². The van der Waals surface area contributed by atoms with Gasteiger partial charge in [-0.05, 0) is 18.2 Å². The fraction of sp³-hybridized carbons (Fsp3) is 0.176. The van der Waals surface area contributed by atoms with E-state index in [1.54, 1.807) is 29.6 Å². The van der Waals surface area contributed by atoms with Crippen molar-refractivity contribution in [3.05, 3.63) is 47.2 Å². The third kappa shape index (κ3) is 4.25. The number of furan rings is 1. The van der Waals surface area contributed by atoms with E-state index in [0.717, 1.165) is 0 Å². The zero-order valence-corrected chi connectivity index (χ0v) is 14.9. The molecule has 3 heterocycles. The van der Waals surface area contributed by atoms with Crippen molar-refractivity contribution < 1.29 is 18.7 Å². The average molecular weight is 372 g/mol. The van der Waals surface area contributed by atoms with Crippen LogP contribution in [0.5, 0.6) is 5.88 Å². The first-order valence-corrected chi connectivity index (χ1v) is 8.53.